The van der Waals surface area contributed by atoms with Gasteiger partial charge in [-0.05, 0) is 42.5 Å². The number of rotatable bonds is 3. The number of nitrogens with zero attached hydrogens (tertiary/aromatic N) is 2. The molecule has 1 aromatic heterocycles. The Kier molecular flexibility index (Phi) is 5.11. The smallest absolute Gasteiger partial charge is 0.255 e. The minimum Gasteiger partial charge on any atom is -0.388 e. The third-order valence-electron chi connectivity index (χ3n) is 4.49. The normalized spacial score (nSPS) is 16.9. The summed E-state index contributed by atoms with van der Waals surface area (Å²) in [6.07, 6.45) is 3.73. The highest BCUT2D eigenvalue weighted by Gasteiger charge is 2.29. The Hall–Kier alpha value is -1.98. The quantitative estimate of drug-likeness (QED) is 0.924. The monoisotopic (exact) mass is 348 g/mol. The second-order valence-electron chi connectivity index (χ2n) is 5.98. The maximum Gasteiger partial charge on any atom is 0.255 e. The predicted octanol–water partition coefficient (Wildman–Crippen LogP) is 3.46. The van der Waals surface area contributed by atoms with E-state index in [1.54, 1.807) is 29.3 Å². The van der Waals surface area contributed by atoms with Crippen molar-refractivity contribution in [1.82, 2.24) is 9.88 Å². The van der Waals surface area contributed by atoms with Gasteiger partial charge in [0.05, 0.1) is 16.7 Å². The number of aliphatic hydroxyl groups is 1. The maximum absolute atomic E-state index is 13.0. The lowest BCUT2D eigenvalue weighted by Gasteiger charge is -2.34. The molecule has 0 spiro atoms. The van der Waals surface area contributed by atoms with Crippen LogP contribution in [0.2, 0.25) is 5.02 Å². The van der Waals surface area contributed by atoms with Crippen LogP contribution in [0.15, 0.2) is 42.7 Å². The molecule has 1 aromatic carbocycles. The highest BCUT2D eigenvalue weighted by Crippen LogP contribution is 2.31. The van der Waals surface area contributed by atoms with E-state index in [4.69, 9.17) is 11.6 Å². The fraction of sp³-hybridized carbons (Fsp3) is 0.333. The van der Waals surface area contributed by atoms with Crippen LogP contribution < -0.4 is 0 Å². The molecule has 1 fully saturated rings. The van der Waals surface area contributed by atoms with Crippen molar-refractivity contribution >= 4 is 17.5 Å². The van der Waals surface area contributed by atoms with Crippen molar-refractivity contribution in [3.05, 3.63) is 64.7 Å². The van der Waals surface area contributed by atoms with Crippen LogP contribution in [0, 0.1) is 11.7 Å². The molecule has 126 valence electrons. The number of piperidine rings is 1. The van der Waals surface area contributed by atoms with Crippen LogP contribution in [-0.4, -0.2) is 34.0 Å². The van der Waals surface area contributed by atoms with E-state index in [1.807, 2.05) is 0 Å². The Morgan fingerprint density at radius 1 is 1.25 bits per heavy atom. The van der Waals surface area contributed by atoms with E-state index in [0.29, 0.717) is 42.1 Å². The molecule has 1 aliphatic rings. The molecule has 1 saturated heterocycles. The van der Waals surface area contributed by atoms with Crippen molar-refractivity contribution in [3.8, 4) is 0 Å². The van der Waals surface area contributed by atoms with Crippen LogP contribution in [0.4, 0.5) is 4.39 Å². The van der Waals surface area contributed by atoms with Gasteiger partial charge in [0.15, 0.2) is 0 Å². The Bertz CT molecular complexity index is 715. The zero-order chi connectivity index (χ0) is 17.1. The lowest BCUT2D eigenvalue weighted by Crippen LogP contribution is -2.39. The Balaban J connectivity index is 1.62. The summed E-state index contributed by atoms with van der Waals surface area (Å²) in [6.45, 7) is 1.11. The second-order valence-corrected chi connectivity index (χ2v) is 6.39. The average Bonchev–Trinajstić information content (AvgIpc) is 2.62. The number of likely N-dealkylation sites (tertiary alicyclic amines) is 1. The summed E-state index contributed by atoms with van der Waals surface area (Å²) < 4.78 is 13.0. The number of halogens is 2. The van der Waals surface area contributed by atoms with Gasteiger partial charge in [-0.2, -0.15) is 0 Å². The number of carbonyl (C=O) groups excluding carboxylic acids is 1. The van der Waals surface area contributed by atoms with E-state index < -0.39 is 6.10 Å². The van der Waals surface area contributed by atoms with E-state index in [9.17, 15) is 14.3 Å². The molecule has 24 heavy (non-hydrogen) atoms. The Morgan fingerprint density at radius 3 is 2.54 bits per heavy atom. The van der Waals surface area contributed by atoms with Gasteiger partial charge in [-0.15, -0.1) is 0 Å². The molecule has 0 aliphatic carbocycles. The zero-order valence-electron chi connectivity index (χ0n) is 13.0. The number of pyridine rings is 1. The van der Waals surface area contributed by atoms with Crippen LogP contribution in [-0.2, 0) is 0 Å². The summed E-state index contributed by atoms with van der Waals surface area (Å²) in [5.74, 6) is -0.384. The third kappa shape index (κ3) is 3.57. The summed E-state index contributed by atoms with van der Waals surface area (Å²) in [7, 11) is 0. The first-order chi connectivity index (χ1) is 11.6. The van der Waals surface area contributed by atoms with Crippen LogP contribution >= 0.6 is 11.6 Å². The molecule has 0 saturated carbocycles. The minimum atomic E-state index is -0.646. The zero-order valence-corrected chi connectivity index (χ0v) is 13.8. The first kappa shape index (κ1) is 16.9. The lowest BCUT2D eigenvalue weighted by molar-refractivity contribution is 0.0462. The molecule has 1 aliphatic heterocycles. The van der Waals surface area contributed by atoms with E-state index in [2.05, 4.69) is 4.98 Å². The van der Waals surface area contributed by atoms with Crippen molar-refractivity contribution in [3.63, 3.8) is 0 Å². The minimum absolute atomic E-state index is 0.0485. The van der Waals surface area contributed by atoms with Gasteiger partial charge >= 0.3 is 0 Å². The first-order valence-corrected chi connectivity index (χ1v) is 8.26. The van der Waals surface area contributed by atoms with Gasteiger partial charge in [-0.25, -0.2) is 4.39 Å². The fourth-order valence-electron chi connectivity index (χ4n) is 3.07. The molecule has 2 aromatic rings. The summed E-state index contributed by atoms with van der Waals surface area (Å²) in [5, 5.41) is 10.8. The summed E-state index contributed by atoms with van der Waals surface area (Å²) >= 11 is 6.03. The van der Waals surface area contributed by atoms with Crippen LogP contribution in [0.5, 0.6) is 0 Å². The first-order valence-electron chi connectivity index (χ1n) is 7.88. The summed E-state index contributed by atoms with van der Waals surface area (Å²) in [5.41, 5.74) is 1.16. The molecule has 1 amide bonds. The van der Waals surface area contributed by atoms with Crippen LogP contribution in [0.1, 0.15) is 34.9 Å². The number of hydrogen-bond acceptors (Lipinski definition) is 3. The van der Waals surface area contributed by atoms with Gasteiger partial charge in [0.25, 0.3) is 5.91 Å². The number of benzene rings is 1. The van der Waals surface area contributed by atoms with Gasteiger partial charge in [-0.3, -0.25) is 9.78 Å². The molecular weight excluding hydrogens is 331 g/mol. The van der Waals surface area contributed by atoms with Gasteiger partial charge in [0.2, 0.25) is 0 Å². The molecule has 0 radical (unpaired) electrons. The number of amides is 1. The summed E-state index contributed by atoms with van der Waals surface area (Å²) in [4.78, 5) is 18.1. The molecule has 1 unspecified atom stereocenters. The molecule has 1 N–H and O–H groups in total. The topological polar surface area (TPSA) is 53.4 Å². The second kappa shape index (κ2) is 7.28. The van der Waals surface area contributed by atoms with Crippen molar-refractivity contribution < 1.29 is 14.3 Å². The molecule has 6 heteroatoms. The lowest BCUT2D eigenvalue weighted by atomic mass is 9.87. The predicted molar refractivity (Wildman–Crippen MR) is 89.2 cm³/mol. The highest BCUT2D eigenvalue weighted by molar-refractivity contribution is 6.33. The van der Waals surface area contributed by atoms with Crippen LogP contribution in [0.3, 0.4) is 0 Å². The molecule has 2 heterocycles. The van der Waals surface area contributed by atoms with E-state index in [-0.39, 0.29) is 17.6 Å². The number of hydrogen-bond donors (Lipinski definition) is 1. The van der Waals surface area contributed by atoms with Gasteiger partial charge in [-0.1, -0.05) is 23.7 Å². The Labute approximate surface area is 144 Å². The van der Waals surface area contributed by atoms with Gasteiger partial charge in [0, 0.05) is 25.5 Å². The SMILES string of the molecule is O=C(c1ccncc1Cl)N1CCC(C(O)c2ccc(F)cc2)CC1. The molecule has 0 bridgehead atoms. The van der Waals surface area contributed by atoms with Crippen molar-refractivity contribution in [2.24, 2.45) is 5.92 Å². The standard InChI is InChI=1S/C18H18ClFN2O2/c19-16-11-21-8-5-15(16)18(24)22-9-6-13(7-10-22)17(23)12-1-3-14(20)4-2-12/h1-5,8,11,13,17,23H,6-7,9-10H2. The molecule has 4 nitrogen and oxygen atoms in total. The van der Waals surface area contributed by atoms with E-state index >= 15 is 0 Å². The van der Waals surface area contributed by atoms with Crippen molar-refractivity contribution in [1.29, 1.82) is 0 Å². The number of aromatic nitrogens is 1. The molecule has 3 rings (SSSR count). The van der Waals surface area contributed by atoms with Crippen molar-refractivity contribution in [2.45, 2.75) is 18.9 Å². The van der Waals surface area contributed by atoms with Gasteiger partial charge < -0.3 is 10.0 Å². The number of carbonyl (C=O) groups is 1. The van der Waals surface area contributed by atoms with E-state index in [1.165, 1.54) is 18.3 Å². The van der Waals surface area contributed by atoms with Crippen LogP contribution in [0.25, 0.3) is 0 Å². The maximum atomic E-state index is 13.0. The molecular formula is C18H18ClFN2O2. The third-order valence-corrected chi connectivity index (χ3v) is 4.79. The number of aliphatic hydroxyl groups excluding tert-OH is 1. The molecule has 1 atom stereocenters. The highest BCUT2D eigenvalue weighted by atomic mass is 35.5. The van der Waals surface area contributed by atoms with Gasteiger partial charge in [0.1, 0.15) is 5.82 Å². The van der Waals surface area contributed by atoms with Crippen molar-refractivity contribution in [2.75, 3.05) is 13.1 Å². The average molecular weight is 349 g/mol. The largest absolute Gasteiger partial charge is 0.388 e. The summed E-state index contributed by atoms with van der Waals surface area (Å²) in [6, 6.07) is 7.53. The fourth-order valence-corrected chi connectivity index (χ4v) is 3.27. The van der Waals surface area contributed by atoms with E-state index in [0.717, 1.165) is 0 Å². The Morgan fingerprint density at radius 2 is 1.92 bits per heavy atom.